The number of amides is 1. The highest BCUT2D eigenvalue weighted by atomic mass is 35.5. The first-order chi connectivity index (χ1) is 8.09. The van der Waals surface area contributed by atoms with Crippen molar-refractivity contribution in [2.24, 2.45) is 5.92 Å². The number of rotatable bonds is 1. The number of piperidine rings is 1. The standard InChI is InChI=1S/C13H17ClN2O/c1-9-4-3-7-16(8-9)13(17)10-5-2-6-11(15)12(10)14/h2,5-6,9H,3-4,7-8,15H2,1H3. The predicted molar refractivity (Wildman–Crippen MR) is 70.2 cm³/mol. The molecule has 1 aromatic carbocycles. The van der Waals surface area contributed by atoms with Crippen LogP contribution in [0.15, 0.2) is 18.2 Å². The van der Waals surface area contributed by atoms with Gasteiger partial charge in [-0.25, -0.2) is 0 Å². The fourth-order valence-corrected chi connectivity index (χ4v) is 2.47. The minimum Gasteiger partial charge on any atom is -0.398 e. The minimum absolute atomic E-state index is 0.00569. The average molecular weight is 253 g/mol. The topological polar surface area (TPSA) is 46.3 Å². The summed E-state index contributed by atoms with van der Waals surface area (Å²) >= 11 is 6.07. The number of halogens is 1. The van der Waals surface area contributed by atoms with Crippen LogP contribution in [0.2, 0.25) is 5.02 Å². The number of anilines is 1. The molecule has 1 aliphatic rings. The maximum atomic E-state index is 12.3. The van der Waals surface area contributed by atoms with Crippen molar-refractivity contribution < 1.29 is 4.79 Å². The zero-order valence-corrected chi connectivity index (χ0v) is 10.7. The van der Waals surface area contributed by atoms with E-state index in [1.165, 1.54) is 6.42 Å². The maximum Gasteiger partial charge on any atom is 0.255 e. The van der Waals surface area contributed by atoms with Crippen LogP contribution in [-0.4, -0.2) is 23.9 Å². The molecule has 2 rings (SSSR count). The van der Waals surface area contributed by atoms with E-state index in [1.54, 1.807) is 18.2 Å². The molecule has 1 amide bonds. The first-order valence-electron chi connectivity index (χ1n) is 5.93. The number of likely N-dealkylation sites (tertiary alicyclic amines) is 1. The molecule has 0 radical (unpaired) electrons. The van der Waals surface area contributed by atoms with Gasteiger partial charge in [0, 0.05) is 13.1 Å². The van der Waals surface area contributed by atoms with Crippen LogP contribution in [0.4, 0.5) is 5.69 Å². The Balaban J connectivity index is 2.22. The summed E-state index contributed by atoms with van der Waals surface area (Å²) in [6.45, 7) is 3.79. The van der Waals surface area contributed by atoms with Crippen LogP contribution in [0, 0.1) is 5.92 Å². The summed E-state index contributed by atoms with van der Waals surface area (Å²) in [6.07, 6.45) is 2.25. The van der Waals surface area contributed by atoms with Crippen LogP contribution in [0.25, 0.3) is 0 Å². The molecule has 1 atom stereocenters. The number of benzene rings is 1. The molecule has 0 spiro atoms. The molecule has 0 aliphatic carbocycles. The molecule has 17 heavy (non-hydrogen) atoms. The van der Waals surface area contributed by atoms with Crippen LogP contribution >= 0.6 is 11.6 Å². The third-order valence-electron chi connectivity index (χ3n) is 3.20. The van der Waals surface area contributed by atoms with E-state index in [-0.39, 0.29) is 5.91 Å². The smallest absolute Gasteiger partial charge is 0.255 e. The van der Waals surface area contributed by atoms with E-state index in [0.29, 0.717) is 22.2 Å². The molecule has 1 unspecified atom stereocenters. The van der Waals surface area contributed by atoms with Crippen LogP contribution in [0.5, 0.6) is 0 Å². The highest BCUT2D eigenvalue weighted by Gasteiger charge is 2.23. The largest absolute Gasteiger partial charge is 0.398 e. The summed E-state index contributed by atoms with van der Waals surface area (Å²) in [4.78, 5) is 14.2. The molecule has 0 saturated carbocycles. The van der Waals surface area contributed by atoms with Crippen molar-refractivity contribution >= 4 is 23.2 Å². The summed E-state index contributed by atoms with van der Waals surface area (Å²) in [6, 6.07) is 5.21. The average Bonchev–Trinajstić information content (AvgIpc) is 2.32. The molecule has 1 aromatic rings. The van der Waals surface area contributed by atoms with Gasteiger partial charge >= 0.3 is 0 Å². The first kappa shape index (κ1) is 12.2. The molecule has 1 heterocycles. The van der Waals surface area contributed by atoms with Gasteiger partial charge in [-0.05, 0) is 30.9 Å². The van der Waals surface area contributed by atoms with Crippen LogP contribution < -0.4 is 5.73 Å². The van der Waals surface area contributed by atoms with Gasteiger partial charge in [-0.15, -0.1) is 0 Å². The lowest BCUT2D eigenvalue weighted by Crippen LogP contribution is -2.39. The van der Waals surface area contributed by atoms with Crippen molar-refractivity contribution in [1.29, 1.82) is 0 Å². The van der Waals surface area contributed by atoms with Crippen LogP contribution in [0.1, 0.15) is 30.1 Å². The zero-order valence-electron chi connectivity index (χ0n) is 9.95. The zero-order chi connectivity index (χ0) is 12.4. The van der Waals surface area contributed by atoms with E-state index >= 15 is 0 Å². The number of hydrogen-bond acceptors (Lipinski definition) is 2. The monoisotopic (exact) mass is 252 g/mol. The van der Waals surface area contributed by atoms with E-state index in [9.17, 15) is 4.79 Å². The van der Waals surface area contributed by atoms with E-state index in [2.05, 4.69) is 6.92 Å². The third kappa shape index (κ3) is 2.55. The Morgan fingerprint density at radius 3 is 3.00 bits per heavy atom. The number of carbonyl (C=O) groups is 1. The molecule has 2 N–H and O–H groups in total. The van der Waals surface area contributed by atoms with Gasteiger partial charge in [-0.2, -0.15) is 0 Å². The molecule has 3 nitrogen and oxygen atoms in total. The molecular formula is C13H17ClN2O. The molecule has 0 bridgehead atoms. The van der Waals surface area contributed by atoms with Gasteiger partial charge < -0.3 is 10.6 Å². The number of nitrogen functional groups attached to an aromatic ring is 1. The number of nitrogens with zero attached hydrogens (tertiary/aromatic N) is 1. The van der Waals surface area contributed by atoms with Crippen molar-refractivity contribution in [3.63, 3.8) is 0 Å². The Bertz CT molecular complexity index is 433. The summed E-state index contributed by atoms with van der Waals surface area (Å²) in [5, 5.41) is 0.371. The Morgan fingerprint density at radius 2 is 2.29 bits per heavy atom. The second-order valence-electron chi connectivity index (χ2n) is 4.71. The van der Waals surface area contributed by atoms with E-state index in [4.69, 9.17) is 17.3 Å². The van der Waals surface area contributed by atoms with Crippen molar-refractivity contribution in [2.75, 3.05) is 18.8 Å². The highest BCUT2D eigenvalue weighted by molar-refractivity contribution is 6.36. The molecule has 1 saturated heterocycles. The lowest BCUT2D eigenvalue weighted by atomic mass is 9.99. The SMILES string of the molecule is CC1CCCN(C(=O)c2cccc(N)c2Cl)C1. The molecule has 1 fully saturated rings. The van der Waals surface area contributed by atoms with Crippen molar-refractivity contribution in [3.05, 3.63) is 28.8 Å². The molecule has 4 heteroatoms. The van der Waals surface area contributed by atoms with E-state index < -0.39 is 0 Å². The number of carbonyl (C=O) groups excluding carboxylic acids is 1. The highest BCUT2D eigenvalue weighted by Crippen LogP contribution is 2.26. The predicted octanol–water partition coefficient (Wildman–Crippen LogP) is 2.79. The van der Waals surface area contributed by atoms with Crippen molar-refractivity contribution in [2.45, 2.75) is 19.8 Å². The fourth-order valence-electron chi connectivity index (χ4n) is 2.26. The van der Waals surface area contributed by atoms with Gasteiger partial charge in [0.1, 0.15) is 0 Å². The summed E-state index contributed by atoms with van der Waals surface area (Å²) < 4.78 is 0. The van der Waals surface area contributed by atoms with Gasteiger partial charge in [0.2, 0.25) is 0 Å². The second kappa shape index (κ2) is 4.96. The Hall–Kier alpha value is -1.22. The van der Waals surface area contributed by atoms with Gasteiger partial charge in [0.05, 0.1) is 16.3 Å². The normalized spacial score (nSPS) is 20.4. The van der Waals surface area contributed by atoms with E-state index in [0.717, 1.165) is 19.5 Å². The van der Waals surface area contributed by atoms with Gasteiger partial charge in [0.15, 0.2) is 0 Å². The fraction of sp³-hybridized carbons (Fsp3) is 0.462. The first-order valence-corrected chi connectivity index (χ1v) is 6.30. The summed E-state index contributed by atoms with van der Waals surface area (Å²) in [7, 11) is 0. The summed E-state index contributed by atoms with van der Waals surface area (Å²) in [5.74, 6) is 0.557. The maximum absolute atomic E-state index is 12.3. The Morgan fingerprint density at radius 1 is 1.53 bits per heavy atom. The molecule has 92 valence electrons. The van der Waals surface area contributed by atoms with Crippen LogP contribution in [0.3, 0.4) is 0 Å². The third-order valence-corrected chi connectivity index (χ3v) is 3.63. The van der Waals surface area contributed by atoms with Crippen molar-refractivity contribution in [1.82, 2.24) is 4.90 Å². The van der Waals surface area contributed by atoms with Gasteiger partial charge in [-0.1, -0.05) is 24.6 Å². The molecular weight excluding hydrogens is 236 g/mol. The molecule has 0 aromatic heterocycles. The molecule has 1 aliphatic heterocycles. The lowest BCUT2D eigenvalue weighted by molar-refractivity contribution is 0.0683. The number of hydrogen-bond donors (Lipinski definition) is 1. The van der Waals surface area contributed by atoms with E-state index in [1.807, 2.05) is 4.90 Å². The second-order valence-corrected chi connectivity index (χ2v) is 5.09. The number of nitrogens with two attached hydrogens (primary N) is 1. The van der Waals surface area contributed by atoms with Gasteiger partial charge in [-0.3, -0.25) is 4.79 Å². The van der Waals surface area contributed by atoms with Crippen molar-refractivity contribution in [3.8, 4) is 0 Å². The Kier molecular flexibility index (Phi) is 3.57. The lowest BCUT2D eigenvalue weighted by Gasteiger charge is -2.31. The van der Waals surface area contributed by atoms with Crippen LogP contribution in [-0.2, 0) is 0 Å². The quantitative estimate of drug-likeness (QED) is 0.782. The summed E-state index contributed by atoms with van der Waals surface area (Å²) in [5.41, 5.74) is 6.69. The Labute approximate surface area is 107 Å². The minimum atomic E-state index is -0.00569. The van der Waals surface area contributed by atoms with Gasteiger partial charge in [0.25, 0.3) is 5.91 Å².